The van der Waals surface area contributed by atoms with Crippen LogP contribution in [-0.2, 0) is 4.74 Å². The normalized spacial score (nSPS) is 16.4. The topological polar surface area (TPSA) is 24.5 Å². The second-order valence-corrected chi connectivity index (χ2v) is 5.51. The van der Waals surface area contributed by atoms with Crippen molar-refractivity contribution >= 4 is 5.69 Å². The van der Waals surface area contributed by atoms with Crippen molar-refractivity contribution in [2.45, 2.75) is 25.8 Å². The number of nitrogens with zero attached hydrogens (tertiary/aromatic N) is 1. The summed E-state index contributed by atoms with van der Waals surface area (Å²) in [5.41, 5.74) is 0.582. The predicted molar refractivity (Wildman–Crippen MR) is 80.5 cm³/mol. The highest BCUT2D eigenvalue weighted by atomic mass is 19.1. The molecule has 0 bridgehead atoms. The lowest BCUT2D eigenvalue weighted by Crippen LogP contribution is -2.40. The molecule has 0 aromatic heterocycles. The third-order valence-electron chi connectivity index (χ3n) is 4.05. The molecule has 1 aliphatic carbocycles. The quantitative estimate of drug-likeness (QED) is 0.752. The predicted octanol–water partition coefficient (Wildman–Crippen LogP) is 2.98. The first-order valence-corrected chi connectivity index (χ1v) is 7.43. The number of hydrogen-bond donors (Lipinski definition) is 1. The second-order valence-electron chi connectivity index (χ2n) is 5.51. The van der Waals surface area contributed by atoms with Crippen molar-refractivity contribution < 1.29 is 9.13 Å². The Morgan fingerprint density at radius 2 is 2.10 bits per heavy atom. The van der Waals surface area contributed by atoms with Crippen molar-refractivity contribution in [3.05, 3.63) is 30.1 Å². The zero-order valence-electron chi connectivity index (χ0n) is 12.4. The van der Waals surface area contributed by atoms with Crippen molar-refractivity contribution in [3.63, 3.8) is 0 Å². The van der Waals surface area contributed by atoms with Crippen molar-refractivity contribution in [2.75, 3.05) is 38.7 Å². The minimum absolute atomic E-state index is 0.189. The highest BCUT2D eigenvalue weighted by Gasteiger charge is 2.31. The molecule has 0 saturated heterocycles. The van der Waals surface area contributed by atoms with E-state index in [2.05, 4.69) is 17.1 Å². The number of methoxy groups -OCH3 is 1. The largest absolute Gasteiger partial charge is 0.383 e. The third kappa shape index (κ3) is 4.46. The van der Waals surface area contributed by atoms with Crippen LogP contribution in [0, 0.1) is 11.7 Å². The highest BCUT2D eigenvalue weighted by molar-refractivity contribution is 5.44. The van der Waals surface area contributed by atoms with Crippen LogP contribution in [0.15, 0.2) is 24.3 Å². The van der Waals surface area contributed by atoms with Gasteiger partial charge in [0.15, 0.2) is 0 Å². The number of benzene rings is 1. The number of hydrogen-bond acceptors (Lipinski definition) is 3. The summed E-state index contributed by atoms with van der Waals surface area (Å²) in [6.07, 6.45) is 2.68. The lowest BCUT2D eigenvalue weighted by molar-refractivity contribution is 0.120. The van der Waals surface area contributed by atoms with Gasteiger partial charge in [0.2, 0.25) is 0 Å². The van der Waals surface area contributed by atoms with Crippen molar-refractivity contribution in [2.24, 2.45) is 5.92 Å². The monoisotopic (exact) mass is 280 g/mol. The number of nitrogens with one attached hydrogen (secondary N) is 1. The lowest BCUT2D eigenvalue weighted by Gasteiger charge is -2.29. The first-order valence-electron chi connectivity index (χ1n) is 7.43. The fraction of sp³-hybridized carbons (Fsp3) is 0.625. The van der Waals surface area contributed by atoms with Gasteiger partial charge >= 0.3 is 0 Å². The van der Waals surface area contributed by atoms with Gasteiger partial charge in [-0.2, -0.15) is 0 Å². The molecular weight excluding hydrogens is 255 g/mol. The molecule has 1 aliphatic rings. The van der Waals surface area contributed by atoms with Crippen LogP contribution in [0.2, 0.25) is 0 Å². The molecular formula is C16H25FN2O. The molecule has 4 heteroatoms. The molecule has 112 valence electrons. The van der Waals surface area contributed by atoms with Crippen molar-refractivity contribution in [3.8, 4) is 0 Å². The molecule has 0 aliphatic heterocycles. The van der Waals surface area contributed by atoms with Crippen LogP contribution in [0.4, 0.5) is 10.1 Å². The summed E-state index contributed by atoms with van der Waals surface area (Å²) in [5.74, 6) is 0.645. The summed E-state index contributed by atoms with van der Waals surface area (Å²) in [6.45, 7) is 5.64. The summed E-state index contributed by atoms with van der Waals surface area (Å²) < 4.78 is 18.7. The maximum atomic E-state index is 13.5. The van der Waals surface area contributed by atoms with Gasteiger partial charge in [0.25, 0.3) is 0 Å². The van der Waals surface area contributed by atoms with E-state index in [4.69, 9.17) is 4.74 Å². The van der Waals surface area contributed by atoms with Gasteiger partial charge in [-0.3, -0.25) is 4.90 Å². The van der Waals surface area contributed by atoms with Crippen LogP contribution in [0.1, 0.15) is 19.8 Å². The summed E-state index contributed by atoms with van der Waals surface area (Å²) >= 11 is 0. The Labute approximate surface area is 121 Å². The molecule has 0 radical (unpaired) electrons. The molecule has 1 atom stereocenters. The minimum atomic E-state index is -0.189. The number of anilines is 1. The van der Waals surface area contributed by atoms with E-state index in [1.54, 1.807) is 19.2 Å². The molecule has 3 nitrogen and oxygen atoms in total. The van der Waals surface area contributed by atoms with E-state index in [0.29, 0.717) is 11.7 Å². The smallest absolute Gasteiger partial charge is 0.146 e. The standard InChI is InChI=1S/C16H25FN2O/c1-13(14-7-8-14)19(11-12-20-2)10-9-18-16-6-4-3-5-15(16)17/h3-6,13-14,18H,7-12H2,1-2H3. The number of halogens is 1. The van der Waals surface area contributed by atoms with Gasteiger partial charge in [0, 0.05) is 32.8 Å². The van der Waals surface area contributed by atoms with Gasteiger partial charge in [-0.05, 0) is 37.8 Å². The molecule has 0 heterocycles. The Balaban J connectivity index is 1.80. The van der Waals surface area contributed by atoms with Gasteiger partial charge in [-0.1, -0.05) is 12.1 Å². The van der Waals surface area contributed by atoms with Gasteiger partial charge in [-0.25, -0.2) is 4.39 Å². The van der Waals surface area contributed by atoms with Gasteiger partial charge in [0.1, 0.15) is 5.82 Å². The molecule has 1 aromatic rings. The summed E-state index contributed by atoms with van der Waals surface area (Å²) in [5, 5.41) is 3.18. The number of ether oxygens (including phenoxy) is 1. The van der Waals surface area contributed by atoms with E-state index in [1.165, 1.54) is 18.9 Å². The van der Waals surface area contributed by atoms with Crippen molar-refractivity contribution in [1.82, 2.24) is 4.90 Å². The van der Waals surface area contributed by atoms with Crippen LogP contribution in [-0.4, -0.2) is 44.3 Å². The van der Waals surface area contributed by atoms with Crippen molar-refractivity contribution in [1.29, 1.82) is 0 Å². The Morgan fingerprint density at radius 3 is 2.75 bits per heavy atom. The van der Waals surface area contributed by atoms with Crippen LogP contribution < -0.4 is 5.32 Å². The van der Waals surface area contributed by atoms with Gasteiger partial charge in [-0.15, -0.1) is 0 Å². The molecule has 2 rings (SSSR count). The average Bonchev–Trinajstić information content (AvgIpc) is 3.28. The minimum Gasteiger partial charge on any atom is -0.383 e. The fourth-order valence-corrected chi connectivity index (χ4v) is 2.54. The molecule has 1 aromatic carbocycles. The molecule has 1 saturated carbocycles. The zero-order valence-corrected chi connectivity index (χ0v) is 12.4. The van der Waals surface area contributed by atoms with Crippen LogP contribution >= 0.6 is 0 Å². The molecule has 0 spiro atoms. The van der Waals surface area contributed by atoms with E-state index in [0.717, 1.165) is 32.2 Å². The van der Waals surface area contributed by atoms with Crippen LogP contribution in [0.5, 0.6) is 0 Å². The first-order chi connectivity index (χ1) is 9.72. The van der Waals surface area contributed by atoms with Crippen LogP contribution in [0.25, 0.3) is 0 Å². The molecule has 1 unspecified atom stereocenters. The third-order valence-corrected chi connectivity index (χ3v) is 4.05. The Hall–Kier alpha value is -1.13. The Morgan fingerprint density at radius 1 is 1.35 bits per heavy atom. The average molecular weight is 280 g/mol. The first kappa shape index (κ1) is 15.3. The van der Waals surface area contributed by atoms with E-state index in [1.807, 2.05) is 6.07 Å². The fourth-order valence-electron chi connectivity index (χ4n) is 2.54. The summed E-state index contributed by atoms with van der Waals surface area (Å²) in [6, 6.07) is 7.41. The van der Waals surface area contributed by atoms with Gasteiger partial charge in [0.05, 0.1) is 12.3 Å². The summed E-state index contributed by atoms with van der Waals surface area (Å²) in [7, 11) is 1.73. The molecule has 1 fully saturated rings. The maximum absolute atomic E-state index is 13.5. The van der Waals surface area contributed by atoms with E-state index < -0.39 is 0 Å². The Bertz CT molecular complexity index is 409. The second kappa shape index (κ2) is 7.60. The lowest BCUT2D eigenvalue weighted by atomic mass is 10.2. The van der Waals surface area contributed by atoms with E-state index >= 15 is 0 Å². The van der Waals surface area contributed by atoms with Gasteiger partial charge < -0.3 is 10.1 Å². The number of rotatable bonds is 9. The molecule has 0 amide bonds. The summed E-state index contributed by atoms with van der Waals surface area (Å²) in [4.78, 5) is 2.44. The molecule has 1 N–H and O–H groups in total. The zero-order chi connectivity index (χ0) is 14.4. The SMILES string of the molecule is COCCN(CCNc1ccccc1F)C(C)C1CC1. The van der Waals surface area contributed by atoms with E-state index in [-0.39, 0.29) is 5.82 Å². The number of para-hydroxylation sites is 1. The van der Waals surface area contributed by atoms with E-state index in [9.17, 15) is 4.39 Å². The highest BCUT2D eigenvalue weighted by Crippen LogP contribution is 2.34. The van der Waals surface area contributed by atoms with Crippen LogP contribution in [0.3, 0.4) is 0 Å². The molecule has 20 heavy (non-hydrogen) atoms. The maximum Gasteiger partial charge on any atom is 0.146 e. The Kier molecular flexibility index (Phi) is 5.80.